The van der Waals surface area contributed by atoms with Crippen LogP contribution < -0.4 is 5.73 Å². The van der Waals surface area contributed by atoms with Gasteiger partial charge in [-0.1, -0.05) is 0 Å². The van der Waals surface area contributed by atoms with Crippen LogP contribution in [0.15, 0.2) is 30.6 Å². The van der Waals surface area contributed by atoms with E-state index in [1.165, 1.54) is 17.8 Å². The summed E-state index contributed by atoms with van der Waals surface area (Å²) in [7, 11) is 1.87. The number of aryl methyl sites for hydroxylation is 1. The monoisotopic (exact) mass is 392 g/mol. The van der Waals surface area contributed by atoms with Crippen LogP contribution in [0.1, 0.15) is 28.9 Å². The predicted octanol–water partition coefficient (Wildman–Crippen LogP) is 3.45. The zero-order chi connectivity index (χ0) is 19.3. The Balaban J connectivity index is 1.55. The Kier molecular flexibility index (Phi) is 4.01. The number of fused-ring (bicyclic) bond motifs is 2. The van der Waals surface area contributed by atoms with Gasteiger partial charge in [0.25, 0.3) is 5.91 Å². The van der Waals surface area contributed by atoms with Crippen molar-refractivity contribution in [2.75, 3.05) is 18.8 Å². The Morgan fingerprint density at radius 2 is 2.04 bits per heavy atom. The zero-order valence-corrected chi connectivity index (χ0v) is 16.4. The lowest BCUT2D eigenvalue weighted by Crippen LogP contribution is -2.35. The lowest BCUT2D eigenvalue weighted by atomic mass is 10.1. The van der Waals surface area contributed by atoms with Gasteiger partial charge in [-0.25, -0.2) is 9.97 Å². The molecule has 8 heteroatoms. The summed E-state index contributed by atoms with van der Waals surface area (Å²) in [4.78, 5) is 24.6. The lowest BCUT2D eigenvalue weighted by molar-refractivity contribution is 0.0730. The highest BCUT2D eigenvalue weighted by Gasteiger charge is 2.24. The summed E-state index contributed by atoms with van der Waals surface area (Å²) in [5, 5.41) is 5.26. The first kappa shape index (κ1) is 17.1. The fraction of sp³-hybridized carbons (Fsp3) is 0.300. The van der Waals surface area contributed by atoms with Gasteiger partial charge in [0.15, 0.2) is 5.65 Å². The van der Waals surface area contributed by atoms with Crippen LogP contribution in [-0.4, -0.2) is 43.6 Å². The van der Waals surface area contributed by atoms with E-state index in [2.05, 4.69) is 10.1 Å². The van der Waals surface area contributed by atoms with Crippen LogP contribution in [-0.2, 0) is 7.05 Å². The van der Waals surface area contributed by atoms with Crippen LogP contribution in [0.25, 0.3) is 32.5 Å². The van der Waals surface area contributed by atoms with E-state index in [4.69, 9.17) is 10.7 Å². The Morgan fingerprint density at radius 1 is 1.21 bits per heavy atom. The third-order valence-corrected chi connectivity index (χ3v) is 6.32. The number of nitrogens with zero attached hydrogens (tertiary/aromatic N) is 5. The largest absolute Gasteiger partial charge is 0.396 e. The second kappa shape index (κ2) is 6.56. The summed E-state index contributed by atoms with van der Waals surface area (Å²) in [5.41, 5.74) is 9.92. The fourth-order valence-electron chi connectivity index (χ4n) is 3.73. The molecular weight excluding hydrogens is 372 g/mol. The first-order valence-electron chi connectivity index (χ1n) is 9.38. The molecule has 0 atom stereocenters. The molecule has 0 unspecified atom stereocenters. The average molecular weight is 392 g/mol. The van der Waals surface area contributed by atoms with Crippen molar-refractivity contribution >= 4 is 44.2 Å². The summed E-state index contributed by atoms with van der Waals surface area (Å²) in [6, 6.07) is 5.96. The van der Waals surface area contributed by atoms with Crippen molar-refractivity contribution in [3.05, 3.63) is 35.5 Å². The molecule has 5 heterocycles. The Morgan fingerprint density at radius 3 is 2.86 bits per heavy atom. The Bertz CT molecular complexity index is 1200. The molecule has 7 nitrogen and oxygen atoms in total. The van der Waals surface area contributed by atoms with E-state index in [0.717, 1.165) is 47.3 Å². The highest BCUT2D eigenvalue weighted by atomic mass is 32.1. The van der Waals surface area contributed by atoms with Crippen molar-refractivity contribution in [1.29, 1.82) is 0 Å². The smallest absolute Gasteiger partial charge is 0.266 e. The number of nitrogen functional groups attached to an aromatic ring is 1. The molecule has 28 heavy (non-hydrogen) atoms. The molecule has 0 radical (unpaired) electrons. The molecule has 2 N–H and O–H groups in total. The number of likely N-dealkylation sites (tertiary alicyclic amines) is 1. The van der Waals surface area contributed by atoms with Gasteiger partial charge in [0.2, 0.25) is 0 Å². The van der Waals surface area contributed by atoms with Gasteiger partial charge in [-0.2, -0.15) is 5.10 Å². The Labute approximate surface area is 165 Å². The summed E-state index contributed by atoms with van der Waals surface area (Å²) in [5.74, 6) is 0.0280. The molecule has 1 aliphatic rings. The third kappa shape index (κ3) is 2.80. The van der Waals surface area contributed by atoms with Crippen molar-refractivity contribution in [2.45, 2.75) is 19.3 Å². The molecule has 0 aromatic carbocycles. The van der Waals surface area contributed by atoms with Gasteiger partial charge >= 0.3 is 0 Å². The van der Waals surface area contributed by atoms with E-state index >= 15 is 0 Å². The van der Waals surface area contributed by atoms with Gasteiger partial charge in [0.1, 0.15) is 10.4 Å². The molecule has 1 saturated heterocycles. The number of thiophene rings is 1. The van der Waals surface area contributed by atoms with Crippen molar-refractivity contribution < 1.29 is 4.79 Å². The summed E-state index contributed by atoms with van der Waals surface area (Å²) < 4.78 is 2.67. The van der Waals surface area contributed by atoms with Crippen LogP contribution in [0.4, 0.5) is 5.69 Å². The van der Waals surface area contributed by atoms with E-state index in [1.807, 2.05) is 36.3 Å². The van der Waals surface area contributed by atoms with Gasteiger partial charge in [0.05, 0.1) is 16.1 Å². The second-order valence-corrected chi connectivity index (χ2v) is 8.23. The van der Waals surface area contributed by atoms with Gasteiger partial charge in [0, 0.05) is 43.5 Å². The maximum absolute atomic E-state index is 12.9. The standard InChI is InChI=1S/C20H20N6OS/c1-25-11-13-9-12(10-22-19(13)24-25)14-5-6-15-17(23-14)16(21)18(28-15)20(27)26-7-3-2-4-8-26/h5-6,9-11H,2-4,7-8,21H2,1H3. The molecule has 1 fully saturated rings. The van der Waals surface area contributed by atoms with Crippen molar-refractivity contribution in [3.63, 3.8) is 0 Å². The minimum Gasteiger partial charge on any atom is -0.396 e. The van der Waals surface area contributed by atoms with Gasteiger partial charge in [-0.15, -0.1) is 11.3 Å². The molecule has 1 amide bonds. The van der Waals surface area contributed by atoms with Crippen LogP contribution in [0.3, 0.4) is 0 Å². The number of pyridine rings is 2. The normalized spacial score (nSPS) is 14.8. The third-order valence-electron chi connectivity index (χ3n) is 5.18. The van der Waals surface area contributed by atoms with E-state index in [0.29, 0.717) is 21.7 Å². The minimum absolute atomic E-state index is 0.0280. The average Bonchev–Trinajstić information content (AvgIpc) is 3.26. The van der Waals surface area contributed by atoms with E-state index in [9.17, 15) is 4.79 Å². The lowest BCUT2D eigenvalue weighted by Gasteiger charge is -2.26. The maximum Gasteiger partial charge on any atom is 0.266 e. The predicted molar refractivity (Wildman–Crippen MR) is 111 cm³/mol. The minimum atomic E-state index is 0.0280. The molecule has 0 bridgehead atoms. The number of carbonyl (C=O) groups excluding carboxylic acids is 1. The number of anilines is 1. The second-order valence-electron chi connectivity index (χ2n) is 7.18. The van der Waals surface area contributed by atoms with Gasteiger partial charge < -0.3 is 10.6 Å². The highest BCUT2D eigenvalue weighted by Crippen LogP contribution is 2.35. The molecule has 0 aliphatic carbocycles. The molecule has 4 aromatic rings. The van der Waals surface area contributed by atoms with Crippen LogP contribution in [0.2, 0.25) is 0 Å². The molecule has 0 spiro atoms. The fourth-order valence-corrected chi connectivity index (χ4v) is 4.76. The number of aromatic nitrogens is 4. The van der Waals surface area contributed by atoms with Crippen LogP contribution >= 0.6 is 11.3 Å². The molecule has 0 saturated carbocycles. The van der Waals surface area contributed by atoms with Gasteiger partial charge in [-0.3, -0.25) is 9.48 Å². The van der Waals surface area contributed by atoms with E-state index in [1.54, 1.807) is 10.9 Å². The summed E-state index contributed by atoms with van der Waals surface area (Å²) >= 11 is 1.43. The quantitative estimate of drug-likeness (QED) is 0.564. The van der Waals surface area contributed by atoms with Crippen molar-refractivity contribution in [3.8, 4) is 11.3 Å². The first-order chi connectivity index (χ1) is 13.6. The molecule has 4 aromatic heterocycles. The number of rotatable bonds is 2. The maximum atomic E-state index is 12.9. The molecular formula is C20H20N6OS. The summed E-state index contributed by atoms with van der Waals surface area (Å²) in [6.45, 7) is 1.62. The van der Waals surface area contributed by atoms with E-state index in [-0.39, 0.29) is 5.91 Å². The Hall–Kier alpha value is -3.00. The molecule has 5 rings (SSSR count). The highest BCUT2D eigenvalue weighted by molar-refractivity contribution is 7.21. The zero-order valence-electron chi connectivity index (χ0n) is 15.6. The van der Waals surface area contributed by atoms with Crippen LogP contribution in [0.5, 0.6) is 0 Å². The number of piperidine rings is 1. The van der Waals surface area contributed by atoms with Gasteiger partial charge in [-0.05, 0) is 37.5 Å². The number of carbonyl (C=O) groups is 1. The topological polar surface area (TPSA) is 89.9 Å². The number of hydrogen-bond donors (Lipinski definition) is 1. The molecule has 142 valence electrons. The van der Waals surface area contributed by atoms with Crippen LogP contribution in [0, 0.1) is 0 Å². The number of hydrogen-bond acceptors (Lipinski definition) is 6. The summed E-state index contributed by atoms with van der Waals surface area (Å²) in [6.07, 6.45) is 7.00. The van der Waals surface area contributed by atoms with Crippen molar-refractivity contribution in [2.24, 2.45) is 7.05 Å². The molecule has 1 aliphatic heterocycles. The van der Waals surface area contributed by atoms with Crippen molar-refractivity contribution in [1.82, 2.24) is 24.6 Å². The SMILES string of the molecule is Cn1cc2cc(-c3ccc4sc(C(=O)N5CCCCC5)c(N)c4n3)cnc2n1. The first-order valence-corrected chi connectivity index (χ1v) is 10.2. The van der Waals surface area contributed by atoms with E-state index < -0.39 is 0 Å². The number of amides is 1. The number of nitrogens with two attached hydrogens (primary N) is 1.